The van der Waals surface area contributed by atoms with Crippen LogP contribution in [0.5, 0.6) is 0 Å². The summed E-state index contributed by atoms with van der Waals surface area (Å²) in [6, 6.07) is -0.885. The number of likely N-dealkylation sites (tertiary alicyclic amines) is 1. The van der Waals surface area contributed by atoms with Crippen LogP contribution >= 0.6 is 0 Å². The summed E-state index contributed by atoms with van der Waals surface area (Å²) < 4.78 is 4.71. The summed E-state index contributed by atoms with van der Waals surface area (Å²) in [5, 5.41) is 10.5. The smallest absolute Gasteiger partial charge is 0.328 e. The zero-order chi connectivity index (χ0) is 17.0. The van der Waals surface area contributed by atoms with E-state index < -0.39 is 12.0 Å². The number of aromatic nitrogens is 3. The summed E-state index contributed by atoms with van der Waals surface area (Å²) in [5.41, 5.74) is 0. The van der Waals surface area contributed by atoms with Crippen molar-refractivity contribution in [1.82, 2.24) is 24.8 Å². The van der Waals surface area contributed by atoms with Gasteiger partial charge in [0.15, 0.2) is 5.82 Å². The molecule has 1 atom stereocenters. The fourth-order valence-electron chi connectivity index (χ4n) is 2.31. The lowest BCUT2D eigenvalue weighted by Crippen LogP contribution is -2.42. The highest BCUT2D eigenvalue weighted by molar-refractivity contribution is 5.87. The van der Waals surface area contributed by atoms with Gasteiger partial charge in [-0.2, -0.15) is 9.90 Å². The Morgan fingerprint density at radius 3 is 2.83 bits per heavy atom. The number of urea groups is 1. The Hall–Kier alpha value is -2.65. The van der Waals surface area contributed by atoms with Gasteiger partial charge < -0.3 is 14.5 Å². The number of amides is 3. The molecule has 0 spiro atoms. The van der Waals surface area contributed by atoms with Crippen molar-refractivity contribution in [3.05, 3.63) is 6.20 Å². The van der Waals surface area contributed by atoms with Crippen LogP contribution in [-0.4, -0.2) is 76.5 Å². The SMILES string of the molecule is COC(=O)C1CCCN1C(=O)Cn1ncc(NC(=O)N(C)C)n1. The van der Waals surface area contributed by atoms with Crippen molar-refractivity contribution in [2.75, 3.05) is 33.1 Å². The Morgan fingerprint density at radius 2 is 2.17 bits per heavy atom. The van der Waals surface area contributed by atoms with Crippen molar-refractivity contribution in [1.29, 1.82) is 0 Å². The quantitative estimate of drug-likeness (QED) is 0.750. The van der Waals surface area contributed by atoms with Gasteiger partial charge in [0, 0.05) is 20.6 Å². The first-order valence-corrected chi connectivity index (χ1v) is 7.18. The maximum Gasteiger partial charge on any atom is 0.328 e. The largest absolute Gasteiger partial charge is 0.467 e. The standard InChI is InChI=1S/C13H20N6O4/c1-17(2)13(22)15-10-7-14-19(16-10)8-11(20)18-6-4-5-9(18)12(21)23-3/h7,9H,4-6,8H2,1-3H3,(H,15,16,22). The first-order chi connectivity index (χ1) is 10.9. The number of ether oxygens (including phenoxy) is 1. The lowest BCUT2D eigenvalue weighted by Gasteiger charge is -2.22. The number of carbonyl (C=O) groups is 3. The number of hydrogen-bond acceptors (Lipinski definition) is 6. The Labute approximate surface area is 133 Å². The number of rotatable bonds is 4. The molecule has 1 unspecified atom stereocenters. The maximum atomic E-state index is 12.3. The lowest BCUT2D eigenvalue weighted by molar-refractivity contribution is -0.151. The van der Waals surface area contributed by atoms with E-state index in [9.17, 15) is 14.4 Å². The second-order valence-electron chi connectivity index (χ2n) is 5.35. The maximum absolute atomic E-state index is 12.3. The first-order valence-electron chi connectivity index (χ1n) is 7.18. The Balaban J connectivity index is 1.96. The zero-order valence-corrected chi connectivity index (χ0v) is 13.4. The summed E-state index contributed by atoms with van der Waals surface area (Å²) in [6.07, 6.45) is 2.70. The molecule has 1 aliphatic heterocycles. The highest BCUT2D eigenvalue weighted by atomic mass is 16.5. The molecule has 1 N–H and O–H groups in total. The van der Waals surface area contributed by atoms with Gasteiger partial charge in [-0.1, -0.05) is 0 Å². The lowest BCUT2D eigenvalue weighted by atomic mass is 10.2. The van der Waals surface area contributed by atoms with Crippen LogP contribution in [-0.2, 0) is 20.9 Å². The Morgan fingerprint density at radius 1 is 1.43 bits per heavy atom. The molecule has 23 heavy (non-hydrogen) atoms. The van der Waals surface area contributed by atoms with Gasteiger partial charge in [0.2, 0.25) is 5.91 Å². The molecule has 1 fully saturated rings. The molecule has 0 bridgehead atoms. The third kappa shape index (κ3) is 3.96. The normalized spacial score (nSPS) is 17.0. The summed E-state index contributed by atoms with van der Waals surface area (Å²) in [7, 11) is 4.51. The monoisotopic (exact) mass is 324 g/mol. The molecule has 1 aromatic heterocycles. The predicted octanol–water partition coefficient (Wildman–Crippen LogP) is -0.464. The number of esters is 1. The summed E-state index contributed by atoms with van der Waals surface area (Å²) >= 11 is 0. The van der Waals surface area contributed by atoms with E-state index in [0.29, 0.717) is 13.0 Å². The Bertz CT molecular complexity index is 599. The molecular formula is C13H20N6O4. The van der Waals surface area contributed by atoms with Crippen molar-refractivity contribution in [3.63, 3.8) is 0 Å². The van der Waals surface area contributed by atoms with E-state index in [1.807, 2.05) is 0 Å². The van der Waals surface area contributed by atoms with Crippen LogP contribution in [0.15, 0.2) is 6.20 Å². The molecule has 1 aliphatic rings. The molecule has 1 saturated heterocycles. The van der Waals surface area contributed by atoms with Gasteiger partial charge >= 0.3 is 12.0 Å². The van der Waals surface area contributed by atoms with Crippen molar-refractivity contribution >= 4 is 23.7 Å². The van der Waals surface area contributed by atoms with Gasteiger partial charge in [-0.15, -0.1) is 5.10 Å². The van der Waals surface area contributed by atoms with Crippen LogP contribution in [0.4, 0.5) is 10.6 Å². The predicted molar refractivity (Wildman–Crippen MR) is 79.5 cm³/mol. The molecule has 10 heteroatoms. The van der Waals surface area contributed by atoms with Crippen LogP contribution in [0.25, 0.3) is 0 Å². The van der Waals surface area contributed by atoms with Crippen molar-refractivity contribution in [2.24, 2.45) is 0 Å². The van der Waals surface area contributed by atoms with Crippen LogP contribution in [0.3, 0.4) is 0 Å². The van der Waals surface area contributed by atoms with Gasteiger partial charge in [0.1, 0.15) is 12.6 Å². The second kappa shape index (κ2) is 7.07. The molecule has 0 aromatic carbocycles. The number of anilines is 1. The van der Waals surface area contributed by atoms with E-state index in [1.54, 1.807) is 14.1 Å². The molecule has 0 saturated carbocycles. The third-order valence-electron chi connectivity index (χ3n) is 3.50. The molecule has 10 nitrogen and oxygen atoms in total. The van der Waals surface area contributed by atoms with Crippen molar-refractivity contribution < 1.29 is 19.1 Å². The minimum atomic E-state index is -0.545. The molecule has 126 valence electrons. The van der Waals surface area contributed by atoms with E-state index in [-0.39, 0.29) is 24.3 Å². The first kappa shape index (κ1) is 16.7. The van der Waals surface area contributed by atoms with Crippen molar-refractivity contribution in [3.8, 4) is 0 Å². The highest BCUT2D eigenvalue weighted by Crippen LogP contribution is 2.18. The van der Waals surface area contributed by atoms with Crippen LogP contribution in [0.2, 0.25) is 0 Å². The number of methoxy groups -OCH3 is 1. The van der Waals surface area contributed by atoms with Gasteiger partial charge in [0.25, 0.3) is 0 Å². The number of nitrogens with one attached hydrogen (secondary N) is 1. The van der Waals surface area contributed by atoms with Crippen LogP contribution in [0, 0.1) is 0 Å². The summed E-state index contributed by atoms with van der Waals surface area (Å²) in [4.78, 5) is 39.5. The second-order valence-corrected chi connectivity index (χ2v) is 5.35. The summed E-state index contributed by atoms with van der Waals surface area (Å²) in [5.74, 6) is -0.426. The molecule has 2 rings (SSSR count). The molecular weight excluding hydrogens is 304 g/mol. The van der Waals surface area contributed by atoms with E-state index in [4.69, 9.17) is 4.74 Å². The van der Waals surface area contributed by atoms with E-state index >= 15 is 0 Å². The van der Waals surface area contributed by atoms with E-state index in [2.05, 4.69) is 15.5 Å². The van der Waals surface area contributed by atoms with Crippen molar-refractivity contribution in [2.45, 2.75) is 25.4 Å². The molecule has 3 amide bonds. The van der Waals surface area contributed by atoms with Gasteiger partial charge in [0.05, 0.1) is 13.3 Å². The fraction of sp³-hybridized carbons (Fsp3) is 0.615. The topological polar surface area (TPSA) is 110 Å². The average molecular weight is 324 g/mol. The molecule has 1 aromatic rings. The number of carbonyl (C=O) groups excluding carboxylic acids is 3. The third-order valence-corrected chi connectivity index (χ3v) is 3.50. The minimum absolute atomic E-state index is 0.106. The zero-order valence-electron chi connectivity index (χ0n) is 13.4. The summed E-state index contributed by atoms with van der Waals surface area (Å²) in [6.45, 7) is 0.398. The number of hydrogen-bond donors (Lipinski definition) is 1. The van der Waals surface area contributed by atoms with E-state index in [1.165, 1.54) is 27.9 Å². The van der Waals surface area contributed by atoms with Crippen LogP contribution < -0.4 is 5.32 Å². The molecule has 0 aliphatic carbocycles. The van der Waals surface area contributed by atoms with Gasteiger partial charge in [-0.05, 0) is 12.8 Å². The minimum Gasteiger partial charge on any atom is -0.467 e. The number of nitrogens with zero attached hydrogens (tertiary/aromatic N) is 5. The van der Waals surface area contributed by atoms with Gasteiger partial charge in [-0.25, -0.2) is 9.59 Å². The van der Waals surface area contributed by atoms with Gasteiger partial charge in [-0.3, -0.25) is 10.1 Å². The average Bonchev–Trinajstić information content (AvgIpc) is 3.15. The molecule has 2 heterocycles. The molecule has 0 radical (unpaired) electrons. The van der Waals surface area contributed by atoms with E-state index in [0.717, 1.165) is 6.42 Å². The van der Waals surface area contributed by atoms with Crippen LogP contribution in [0.1, 0.15) is 12.8 Å². The highest BCUT2D eigenvalue weighted by Gasteiger charge is 2.34. The Kier molecular flexibility index (Phi) is 5.14. The fourth-order valence-corrected chi connectivity index (χ4v) is 2.31.